The van der Waals surface area contributed by atoms with Gasteiger partial charge in [-0.15, -0.1) is 0 Å². The van der Waals surface area contributed by atoms with Crippen molar-refractivity contribution in [3.63, 3.8) is 0 Å². The van der Waals surface area contributed by atoms with Crippen LogP contribution in [0.4, 0.5) is 0 Å². The first-order valence-electron chi connectivity index (χ1n) is 7.10. The van der Waals surface area contributed by atoms with Crippen LogP contribution >= 0.6 is 0 Å². The van der Waals surface area contributed by atoms with Gasteiger partial charge in [-0.05, 0) is 11.5 Å². The second-order valence-electron chi connectivity index (χ2n) is 5.50. The van der Waals surface area contributed by atoms with Crippen molar-refractivity contribution >= 4 is 5.91 Å². The average Bonchev–Trinajstić information content (AvgIpc) is 2.62. The Balaban J connectivity index is 1.95. The van der Waals surface area contributed by atoms with E-state index in [1.807, 2.05) is 17.0 Å². The Morgan fingerprint density at radius 1 is 1.30 bits per heavy atom. The number of nitriles is 1. The van der Waals surface area contributed by atoms with Crippen molar-refractivity contribution in [2.75, 3.05) is 26.2 Å². The molecule has 4 nitrogen and oxygen atoms in total. The normalized spacial score (nSPS) is 20.2. The minimum absolute atomic E-state index is 0.00853. The largest absolute Gasteiger partial charge is 0.340 e. The smallest absolute Gasteiger partial charge is 0.236 e. The van der Waals surface area contributed by atoms with Crippen molar-refractivity contribution in [2.45, 2.75) is 19.9 Å². The standard InChI is InChI=1S/C16H21N3O/c1-14-11-18(13-15-5-3-2-4-6-15)9-10-19(12-14)16(20)7-8-17/h2-6,14H,7,9-13H2,1H3. The van der Waals surface area contributed by atoms with E-state index in [2.05, 4.69) is 36.1 Å². The van der Waals surface area contributed by atoms with Gasteiger partial charge in [-0.1, -0.05) is 37.3 Å². The molecule has 0 saturated carbocycles. The number of benzene rings is 1. The summed E-state index contributed by atoms with van der Waals surface area (Å²) in [4.78, 5) is 16.1. The third kappa shape index (κ3) is 4.07. The lowest BCUT2D eigenvalue weighted by Crippen LogP contribution is -2.35. The van der Waals surface area contributed by atoms with Gasteiger partial charge in [0.1, 0.15) is 6.42 Å². The zero-order valence-corrected chi connectivity index (χ0v) is 12.0. The quantitative estimate of drug-likeness (QED) is 0.843. The van der Waals surface area contributed by atoms with Crippen LogP contribution in [-0.2, 0) is 11.3 Å². The summed E-state index contributed by atoms with van der Waals surface area (Å²) in [5.74, 6) is 0.393. The topological polar surface area (TPSA) is 47.3 Å². The highest BCUT2D eigenvalue weighted by atomic mass is 16.2. The fourth-order valence-corrected chi connectivity index (χ4v) is 2.71. The molecular formula is C16H21N3O. The predicted octanol–water partition coefficient (Wildman–Crippen LogP) is 1.88. The molecule has 1 heterocycles. The fourth-order valence-electron chi connectivity index (χ4n) is 2.71. The molecule has 1 aliphatic rings. The Morgan fingerprint density at radius 3 is 2.75 bits per heavy atom. The van der Waals surface area contributed by atoms with Crippen molar-refractivity contribution in [2.24, 2.45) is 5.92 Å². The van der Waals surface area contributed by atoms with Crippen LogP contribution in [0.2, 0.25) is 0 Å². The second kappa shape index (κ2) is 7.06. The Morgan fingerprint density at radius 2 is 2.05 bits per heavy atom. The van der Waals surface area contributed by atoms with E-state index in [0.717, 1.165) is 32.7 Å². The summed E-state index contributed by atoms with van der Waals surface area (Å²) in [6.45, 7) is 6.42. The van der Waals surface area contributed by atoms with E-state index < -0.39 is 0 Å². The number of hydrogen-bond donors (Lipinski definition) is 0. The molecule has 4 heteroatoms. The summed E-state index contributed by atoms with van der Waals surface area (Å²) in [6, 6.07) is 12.3. The maximum Gasteiger partial charge on any atom is 0.236 e. The minimum Gasteiger partial charge on any atom is -0.340 e. The van der Waals surface area contributed by atoms with Crippen molar-refractivity contribution in [1.82, 2.24) is 9.80 Å². The number of carbonyl (C=O) groups excluding carboxylic acids is 1. The van der Waals surface area contributed by atoms with Gasteiger partial charge in [-0.25, -0.2) is 0 Å². The highest BCUT2D eigenvalue weighted by Gasteiger charge is 2.22. The van der Waals surface area contributed by atoms with Crippen LogP contribution in [0, 0.1) is 17.2 Å². The van der Waals surface area contributed by atoms with E-state index in [4.69, 9.17) is 5.26 Å². The summed E-state index contributed by atoms with van der Waals surface area (Å²) in [6.07, 6.45) is -0.00853. The van der Waals surface area contributed by atoms with E-state index in [9.17, 15) is 4.79 Å². The molecule has 0 radical (unpaired) electrons. The van der Waals surface area contributed by atoms with Crippen LogP contribution in [0.25, 0.3) is 0 Å². The summed E-state index contributed by atoms with van der Waals surface area (Å²) in [5.41, 5.74) is 1.30. The highest BCUT2D eigenvalue weighted by molar-refractivity contribution is 5.78. The van der Waals surface area contributed by atoms with Crippen molar-refractivity contribution < 1.29 is 4.79 Å². The average molecular weight is 271 g/mol. The number of nitrogens with zero attached hydrogens (tertiary/aromatic N) is 3. The first-order chi connectivity index (χ1) is 9.69. The molecule has 0 N–H and O–H groups in total. The lowest BCUT2D eigenvalue weighted by molar-refractivity contribution is -0.130. The van der Waals surface area contributed by atoms with Gasteiger partial charge in [-0.3, -0.25) is 9.69 Å². The lowest BCUT2D eigenvalue weighted by atomic mass is 10.1. The molecule has 0 bridgehead atoms. The van der Waals surface area contributed by atoms with E-state index in [1.165, 1.54) is 5.56 Å². The number of rotatable bonds is 3. The van der Waals surface area contributed by atoms with Crippen LogP contribution in [0.15, 0.2) is 30.3 Å². The van der Waals surface area contributed by atoms with Crippen molar-refractivity contribution in [3.05, 3.63) is 35.9 Å². The number of amides is 1. The van der Waals surface area contributed by atoms with Crippen LogP contribution in [0.1, 0.15) is 18.9 Å². The molecule has 1 aromatic rings. The van der Waals surface area contributed by atoms with Crippen LogP contribution in [0.3, 0.4) is 0 Å². The molecule has 1 aromatic carbocycles. The van der Waals surface area contributed by atoms with E-state index in [0.29, 0.717) is 5.92 Å². The fraction of sp³-hybridized carbons (Fsp3) is 0.500. The predicted molar refractivity (Wildman–Crippen MR) is 77.7 cm³/mol. The maximum absolute atomic E-state index is 11.8. The van der Waals surface area contributed by atoms with Crippen molar-refractivity contribution in [1.29, 1.82) is 5.26 Å². The Labute approximate surface area is 120 Å². The molecule has 1 fully saturated rings. The molecule has 106 valence electrons. The van der Waals surface area contributed by atoms with Gasteiger partial charge in [0.05, 0.1) is 6.07 Å². The molecule has 1 unspecified atom stereocenters. The van der Waals surface area contributed by atoms with Crippen LogP contribution in [-0.4, -0.2) is 41.9 Å². The summed E-state index contributed by atoms with van der Waals surface area (Å²) < 4.78 is 0. The monoisotopic (exact) mass is 271 g/mol. The van der Waals surface area contributed by atoms with Gasteiger partial charge in [0.15, 0.2) is 0 Å². The third-order valence-electron chi connectivity index (χ3n) is 3.62. The van der Waals surface area contributed by atoms with Crippen molar-refractivity contribution in [3.8, 4) is 6.07 Å². The molecule has 1 aliphatic heterocycles. The highest BCUT2D eigenvalue weighted by Crippen LogP contribution is 2.13. The molecule has 1 saturated heterocycles. The maximum atomic E-state index is 11.8. The van der Waals surface area contributed by atoms with Crippen LogP contribution < -0.4 is 0 Å². The molecule has 2 rings (SSSR count). The molecule has 0 spiro atoms. The van der Waals surface area contributed by atoms with Gasteiger partial charge >= 0.3 is 0 Å². The van der Waals surface area contributed by atoms with Gasteiger partial charge in [0.2, 0.25) is 5.91 Å². The molecule has 0 aromatic heterocycles. The first kappa shape index (κ1) is 14.5. The SMILES string of the molecule is CC1CN(Cc2ccccc2)CCN(C(=O)CC#N)C1. The Bertz CT molecular complexity index is 480. The van der Waals surface area contributed by atoms with Gasteiger partial charge in [-0.2, -0.15) is 5.26 Å². The first-order valence-corrected chi connectivity index (χ1v) is 7.10. The third-order valence-corrected chi connectivity index (χ3v) is 3.62. The van der Waals surface area contributed by atoms with E-state index in [1.54, 1.807) is 0 Å². The van der Waals surface area contributed by atoms with E-state index >= 15 is 0 Å². The van der Waals surface area contributed by atoms with E-state index in [-0.39, 0.29) is 12.3 Å². The zero-order chi connectivity index (χ0) is 14.4. The molecular weight excluding hydrogens is 250 g/mol. The second-order valence-corrected chi connectivity index (χ2v) is 5.50. The number of carbonyl (C=O) groups is 1. The summed E-state index contributed by atoms with van der Waals surface area (Å²) in [5, 5.41) is 8.64. The molecule has 20 heavy (non-hydrogen) atoms. The number of hydrogen-bond acceptors (Lipinski definition) is 3. The van der Waals surface area contributed by atoms with Gasteiger partial charge < -0.3 is 4.90 Å². The summed E-state index contributed by atoms with van der Waals surface area (Å²) in [7, 11) is 0. The van der Waals surface area contributed by atoms with Gasteiger partial charge in [0.25, 0.3) is 0 Å². The van der Waals surface area contributed by atoms with Crippen LogP contribution in [0.5, 0.6) is 0 Å². The molecule has 0 aliphatic carbocycles. The summed E-state index contributed by atoms with van der Waals surface area (Å²) >= 11 is 0. The van der Waals surface area contributed by atoms with Gasteiger partial charge in [0, 0.05) is 32.7 Å². The molecule has 1 amide bonds. The zero-order valence-electron chi connectivity index (χ0n) is 12.0. The Kier molecular flexibility index (Phi) is 5.14. The molecule has 1 atom stereocenters. The minimum atomic E-state index is -0.0408. The Hall–Kier alpha value is -1.86. The lowest BCUT2D eigenvalue weighted by Gasteiger charge is -2.21.